The zero-order chi connectivity index (χ0) is 68.4. The molecule has 0 amide bonds. The lowest BCUT2D eigenvalue weighted by atomic mass is 9.78. The van der Waals surface area contributed by atoms with E-state index in [9.17, 15) is 0 Å². The highest BCUT2D eigenvalue weighted by Crippen LogP contribution is 2.40. The van der Waals surface area contributed by atoms with Crippen molar-refractivity contribution in [3.05, 3.63) is 310 Å². The van der Waals surface area contributed by atoms with Crippen molar-refractivity contribution >= 4 is 133 Å². The van der Waals surface area contributed by atoms with Gasteiger partial charge in [0, 0.05) is 94.5 Å². The summed E-state index contributed by atoms with van der Waals surface area (Å²) in [7, 11) is -0.375. The van der Waals surface area contributed by atoms with Crippen LogP contribution >= 0.6 is 15.9 Å². The minimum Gasteiger partial charge on any atom is -0.399 e. The summed E-state index contributed by atoms with van der Waals surface area (Å²) >= 11 is 3.50. The highest BCUT2D eigenvalue weighted by molar-refractivity contribution is 9.10. The smallest absolute Gasteiger partial charge is 0.399 e. The van der Waals surface area contributed by atoms with Crippen LogP contribution in [0.4, 0.5) is 0 Å². The molecule has 8 aromatic carbocycles. The summed E-state index contributed by atoms with van der Waals surface area (Å²) in [5, 5.41) is 10.1. The molecule has 0 radical (unpaired) electrons. The Hall–Kier alpha value is -12.3. The molecule has 0 spiro atoms. The molecule has 0 unspecified atom stereocenters. The van der Waals surface area contributed by atoms with Crippen molar-refractivity contribution in [2.24, 2.45) is 0 Å². The van der Waals surface area contributed by atoms with E-state index in [-0.39, 0.29) is 33.2 Å². The van der Waals surface area contributed by atoms with Crippen molar-refractivity contribution in [2.45, 2.75) is 46.3 Å². The van der Waals surface area contributed by atoms with Crippen LogP contribution in [0.5, 0.6) is 0 Å². The topological polar surface area (TPSA) is 130 Å². The van der Waals surface area contributed by atoms with E-state index < -0.39 is 0 Å². The Balaban J connectivity index is 0.000000121. The predicted molar refractivity (Wildman–Crippen MR) is 427 cm³/mol. The molecule has 12 aromatic heterocycles. The van der Waals surface area contributed by atoms with Crippen molar-refractivity contribution in [3.8, 4) is 56.2 Å². The number of imidazole rings is 3. The van der Waals surface area contributed by atoms with Gasteiger partial charge in [-0.1, -0.05) is 228 Å². The average Bonchev–Trinajstić information content (AvgIpc) is 1.63. The Bertz CT molecular complexity index is 6520. The van der Waals surface area contributed by atoms with Gasteiger partial charge in [-0.05, 0) is 98.9 Å². The molecule has 16 heteroatoms. The third-order valence-corrected chi connectivity index (χ3v) is 20.7. The van der Waals surface area contributed by atoms with Crippen LogP contribution in [0, 0.1) is 7.43 Å². The van der Waals surface area contributed by atoms with E-state index in [0.717, 1.165) is 165 Å². The van der Waals surface area contributed by atoms with E-state index in [0.29, 0.717) is 0 Å². The fourth-order valence-corrected chi connectivity index (χ4v) is 14.6. The molecule has 21 rings (SSSR count). The summed E-state index contributed by atoms with van der Waals surface area (Å²) in [5.41, 5.74) is 19.8. The Kier molecular flexibility index (Phi) is 16.0. The van der Waals surface area contributed by atoms with Crippen LogP contribution in [-0.2, 0) is 9.31 Å². The second kappa shape index (κ2) is 25.6. The molecule has 502 valence electrons. The van der Waals surface area contributed by atoms with Gasteiger partial charge in [-0.3, -0.25) is 13.2 Å². The van der Waals surface area contributed by atoms with Gasteiger partial charge in [-0.2, -0.15) is 0 Å². The van der Waals surface area contributed by atoms with Gasteiger partial charge < -0.3 is 16.7 Å². The fourth-order valence-electron chi connectivity index (χ4n) is 14.3. The highest BCUT2D eigenvalue weighted by Gasteiger charge is 2.51. The quantitative estimate of drug-likeness (QED) is 0.0907. The second-order valence-electron chi connectivity index (χ2n) is 26.8. The molecule has 14 nitrogen and oxygen atoms in total. The summed E-state index contributed by atoms with van der Waals surface area (Å²) in [6, 6.07) is 89.8. The van der Waals surface area contributed by atoms with Crippen LogP contribution in [-0.4, -0.2) is 70.9 Å². The average molecular weight is 1420 g/mol. The fraction of sp³-hybridized carbons (Fsp3) is 0.0795. The van der Waals surface area contributed by atoms with Crippen LogP contribution < -0.4 is 9.98 Å². The van der Waals surface area contributed by atoms with Crippen molar-refractivity contribution in [3.63, 3.8) is 0 Å². The lowest BCUT2D eigenvalue weighted by Gasteiger charge is -2.32. The summed E-state index contributed by atoms with van der Waals surface area (Å²) in [6.45, 7) is 8.29. The summed E-state index contributed by atoms with van der Waals surface area (Å²) in [4.78, 5) is 34.9. The molecule has 20 aromatic rings. The molecular weight excluding hydrogens is 1350 g/mol. The lowest BCUT2D eigenvalue weighted by molar-refractivity contribution is -0.615. The number of fused-ring (bicyclic) bond motifs is 20. The second-order valence-corrected chi connectivity index (χ2v) is 27.7. The first-order valence-electron chi connectivity index (χ1n) is 34.1. The maximum Gasteiger partial charge on any atom is 0.494 e. The zero-order valence-corrected chi connectivity index (χ0v) is 58.5. The number of aromatic nitrogens is 12. The van der Waals surface area contributed by atoms with Crippen LogP contribution in [0.3, 0.4) is 0 Å². The maximum absolute atomic E-state index is 6.21. The Morgan fingerprint density at radius 3 is 1.05 bits per heavy atom. The van der Waals surface area contributed by atoms with E-state index in [1.54, 1.807) is 0 Å². The van der Waals surface area contributed by atoms with Crippen molar-refractivity contribution < 1.29 is 13.8 Å². The summed E-state index contributed by atoms with van der Waals surface area (Å²) < 4.78 is 23.8. The van der Waals surface area contributed by atoms with E-state index in [4.69, 9.17) is 44.2 Å². The minimum absolute atomic E-state index is 0. The number of nitrogens with zero attached hydrogens (tertiary/aromatic N) is 12. The minimum atomic E-state index is -0.375. The molecular formula is C88H68BBrN12O2. The SMILES string of the molecule is Brc1ccc(-c2nc3c(nc4ccccn43)c3ccccc23)cc1.C.CC1(C)OB(c2ccc(-c3nc4c(nc5ccccn54)c4ccccc34)cc2)OC1(C)C.[CH3-].c1ccc2c(c1)c(-c1ccc(-c3ccc(-c4nc5c(nc6ccccn65)c5ccccc45)cc3)cc1)nc1c2c[n+]2ccccn12. The van der Waals surface area contributed by atoms with Gasteiger partial charge in [-0.15, -0.1) is 4.52 Å². The van der Waals surface area contributed by atoms with E-state index in [1.807, 2.05) is 125 Å². The van der Waals surface area contributed by atoms with Gasteiger partial charge in [0.1, 0.15) is 33.5 Å². The molecule has 13 heterocycles. The molecule has 104 heavy (non-hydrogen) atoms. The van der Waals surface area contributed by atoms with Crippen molar-refractivity contribution in [1.29, 1.82) is 0 Å². The first kappa shape index (κ1) is 65.0. The zero-order valence-electron chi connectivity index (χ0n) is 56.9. The number of hydrogen-bond donors (Lipinski definition) is 0. The molecule has 0 aliphatic carbocycles. The van der Waals surface area contributed by atoms with Gasteiger partial charge in [-0.25, -0.2) is 34.9 Å². The molecule has 1 saturated heterocycles. The molecule has 0 bridgehead atoms. The third-order valence-electron chi connectivity index (χ3n) is 20.2. The van der Waals surface area contributed by atoms with Crippen molar-refractivity contribution in [2.75, 3.05) is 0 Å². The summed E-state index contributed by atoms with van der Waals surface area (Å²) in [5.74, 6) is 0. The van der Waals surface area contributed by atoms with Gasteiger partial charge in [0.15, 0.2) is 16.9 Å². The van der Waals surface area contributed by atoms with Crippen molar-refractivity contribution in [1.82, 2.24) is 52.6 Å². The molecule has 1 fully saturated rings. The first-order chi connectivity index (χ1) is 49.9. The monoisotopic (exact) mass is 1410 g/mol. The van der Waals surface area contributed by atoms with Gasteiger partial charge in [0.05, 0.1) is 45.6 Å². The number of pyridine rings is 7. The van der Waals surface area contributed by atoms with Crippen LogP contribution in [0.2, 0.25) is 0 Å². The van der Waals surface area contributed by atoms with Crippen LogP contribution in [0.1, 0.15) is 35.1 Å². The van der Waals surface area contributed by atoms with Crippen LogP contribution in [0.15, 0.2) is 303 Å². The lowest BCUT2D eigenvalue weighted by Crippen LogP contribution is -2.41. The summed E-state index contributed by atoms with van der Waals surface area (Å²) in [6.07, 6.45) is 12.3. The largest absolute Gasteiger partial charge is 0.494 e. The molecule has 0 N–H and O–H groups in total. The molecule has 0 atom stereocenters. The van der Waals surface area contributed by atoms with Crippen LogP contribution in [0.25, 0.3) is 161 Å². The highest BCUT2D eigenvalue weighted by atomic mass is 79.9. The van der Waals surface area contributed by atoms with Gasteiger partial charge in [0.25, 0.3) is 0 Å². The first-order valence-corrected chi connectivity index (χ1v) is 34.8. The molecule has 1 aliphatic rings. The Labute approximate surface area is 608 Å². The predicted octanol–water partition coefficient (Wildman–Crippen LogP) is 20.1. The third kappa shape index (κ3) is 10.9. The van der Waals surface area contributed by atoms with E-state index >= 15 is 0 Å². The Morgan fingerprint density at radius 1 is 0.327 bits per heavy atom. The van der Waals surface area contributed by atoms with E-state index in [2.05, 4.69) is 239 Å². The standard InChI is InChI=1S/C40H25N6.C26H24BN3O2.C20H12BrN3.CH4.CH3/c1-2-10-31-30(9-1)34-25-44-22-7-8-24-46(44)39(34)42-36(31)28-18-14-26(15-19-28)27-16-20-29(21-17-27)37-32-11-3-4-12-33(32)38-40(43-37)45-23-6-5-13-35(45)41-38;1-25(2)26(3,4)32-27(31-25)18-14-12-17(13-15-18)22-19-9-5-6-10-20(19)23-24(29-22)30-16-8-7-11-21(30)28-23;21-14-10-8-13(9-11-14)18-15-5-1-2-6-16(15)19-20(23-18)24-12-4-3-7-17(24)22-19;;/h1-25H;5-16H,1-4H3;1-12H;1H4;1H3/q+1;;;;-1. The number of hydrogen-bond acceptors (Lipinski definition) is 9. The molecule has 0 saturated carbocycles. The number of benzene rings is 8. The Morgan fingerprint density at radius 2 is 0.644 bits per heavy atom. The number of halogens is 1. The van der Waals surface area contributed by atoms with E-state index in [1.165, 1.54) is 5.39 Å². The maximum atomic E-state index is 6.21. The number of rotatable bonds is 6. The van der Waals surface area contributed by atoms with Gasteiger partial charge >= 0.3 is 7.12 Å². The molecule has 1 aliphatic heterocycles. The van der Waals surface area contributed by atoms with Gasteiger partial charge in [0.2, 0.25) is 18.0 Å². The normalized spacial score (nSPS) is 13.3.